The van der Waals surface area contributed by atoms with Crippen LogP contribution in [-0.4, -0.2) is 27.4 Å². The van der Waals surface area contributed by atoms with E-state index in [-0.39, 0.29) is 19.0 Å². The van der Waals surface area contributed by atoms with E-state index in [1.807, 2.05) is 43.3 Å². The highest BCUT2D eigenvalue weighted by molar-refractivity contribution is 6.30. The van der Waals surface area contributed by atoms with E-state index in [1.165, 1.54) is 0 Å². The van der Waals surface area contributed by atoms with Crippen LogP contribution in [0.4, 0.5) is 0 Å². The van der Waals surface area contributed by atoms with Gasteiger partial charge in [-0.2, -0.15) is 0 Å². The van der Waals surface area contributed by atoms with Crippen LogP contribution in [0.15, 0.2) is 77.3 Å². The summed E-state index contributed by atoms with van der Waals surface area (Å²) in [5, 5.41) is 9.75. The highest BCUT2D eigenvalue weighted by atomic mass is 35.5. The van der Waals surface area contributed by atoms with Crippen LogP contribution in [0.25, 0.3) is 16.7 Å². The van der Waals surface area contributed by atoms with Gasteiger partial charge in [-0.25, -0.2) is 4.68 Å². The molecule has 0 radical (unpaired) electrons. The summed E-state index contributed by atoms with van der Waals surface area (Å²) in [6.07, 6.45) is 7.00. The Hall–Kier alpha value is -4.54. The average Bonchev–Trinajstić information content (AvgIpc) is 3.51. The third-order valence-corrected chi connectivity index (χ3v) is 5.83. The van der Waals surface area contributed by atoms with E-state index < -0.39 is 0 Å². The number of benzene rings is 3. The molecule has 0 amide bonds. The first kappa shape index (κ1) is 23.2. The smallest absolute Gasteiger partial charge is 0.228 e. The first-order valence-corrected chi connectivity index (χ1v) is 11.4. The van der Waals surface area contributed by atoms with E-state index >= 15 is 0 Å². The molecule has 2 heterocycles. The van der Waals surface area contributed by atoms with Gasteiger partial charge in [0, 0.05) is 27.6 Å². The molecule has 36 heavy (non-hydrogen) atoms. The van der Waals surface area contributed by atoms with Crippen molar-refractivity contribution in [1.29, 1.82) is 0 Å². The largest absolute Gasteiger partial charge is 0.487 e. The lowest BCUT2D eigenvalue weighted by Crippen LogP contribution is -2.00. The van der Waals surface area contributed by atoms with Gasteiger partial charge < -0.3 is 13.9 Å². The van der Waals surface area contributed by atoms with Gasteiger partial charge in [-0.15, -0.1) is 11.5 Å². The minimum atomic E-state index is -0.199. The Kier molecular flexibility index (Phi) is 6.44. The first-order valence-electron chi connectivity index (χ1n) is 11.1. The van der Waals surface area contributed by atoms with Gasteiger partial charge in [0.2, 0.25) is 5.78 Å². The molecule has 0 fully saturated rings. The molecule has 0 aliphatic heterocycles. The number of carbonyl (C=O) groups is 1. The molecule has 3 aromatic carbocycles. The van der Waals surface area contributed by atoms with Crippen molar-refractivity contribution in [2.75, 3.05) is 6.61 Å². The number of aromatic nitrogens is 3. The Labute approximate surface area is 212 Å². The number of ether oxygens (including phenoxy) is 2. The molecule has 178 valence electrons. The van der Waals surface area contributed by atoms with E-state index in [0.29, 0.717) is 39.1 Å². The van der Waals surface area contributed by atoms with Crippen molar-refractivity contribution >= 4 is 28.4 Å². The number of furan rings is 1. The number of ketones is 1. The molecule has 0 aliphatic rings. The van der Waals surface area contributed by atoms with Crippen molar-refractivity contribution in [3.8, 4) is 29.5 Å². The van der Waals surface area contributed by atoms with Crippen LogP contribution in [0.1, 0.15) is 27.4 Å². The maximum absolute atomic E-state index is 12.9. The molecule has 0 N–H and O–H groups in total. The van der Waals surface area contributed by atoms with Crippen LogP contribution >= 0.6 is 11.6 Å². The van der Waals surface area contributed by atoms with E-state index in [4.69, 9.17) is 31.9 Å². The molecule has 5 aromatic rings. The maximum atomic E-state index is 12.9. The van der Waals surface area contributed by atoms with Crippen molar-refractivity contribution in [2.24, 2.45) is 0 Å². The molecule has 0 unspecified atom stereocenters. The van der Waals surface area contributed by atoms with Crippen LogP contribution in [0.3, 0.4) is 0 Å². The number of hydrogen-bond acceptors (Lipinski definition) is 6. The van der Waals surface area contributed by atoms with Gasteiger partial charge in [-0.1, -0.05) is 22.7 Å². The zero-order valence-electron chi connectivity index (χ0n) is 19.3. The van der Waals surface area contributed by atoms with Crippen LogP contribution in [-0.2, 0) is 6.61 Å². The summed E-state index contributed by atoms with van der Waals surface area (Å²) in [7, 11) is 0. The molecule has 2 aromatic heterocycles. The van der Waals surface area contributed by atoms with Crippen molar-refractivity contribution in [1.82, 2.24) is 15.0 Å². The summed E-state index contributed by atoms with van der Waals surface area (Å²) < 4.78 is 18.9. The highest BCUT2D eigenvalue weighted by Crippen LogP contribution is 2.30. The molecule has 0 saturated heterocycles. The fourth-order valence-corrected chi connectivity index (χ4v) is 3.84. The monoisotopic (exact) mass is 497 g/mol. The minimum Gasteiger partial charge on any atom is -0.487 e. The molecule has 0 bridgehead atoms. The van der Waals surface area contributed by atoms with Gasteiger partial charge in [0.1, 0.15) is 36.0 Å². The number of aryl methyl sites for hydroxylation is 1. The predicted octanol–water partition coefficient (Wildman–Crippen LogP) is 5.80. The Balaban J connectivity index is 1.28. The van der Waals surface area contributed by atoms with Gasteiger partial charge >= 0.3 is 0 Å². The van der Waals surface area contributed by atoms with E-state index in [0.717, 1.165) is 16.6 Å². The van der Waals surface area contributed by atoms with Crippen molar-refractivity contribution in [3.63, 3.8) is 0 Å². The lowest BCUT2D eigenvalue weighted by molar-refractivity contribution is 0.101. The standard InChI is InChI=1S/C28H20ClN3O4/c1-3-14-34-23-10-8-22(9-11-23)32-16-21(30-31-32)17-35-24-12-13-25-18(2)28(36-26(25)15-24)27(33)19-4-6-20(29)7-5-19/h1,4-13,15-16H,14,17H2,2H3. The molecule has 0 saturated carbocycles. The fourth-order valence-electron chi connectivity index (χ4n) is 3.71. The molecular weight excluding hydrogens is 478 g/mol. The summed E-state index contributed by atoms with van der Waals surface area (Å²) in [5.74, 6) is 3.80. The zero-order valence-corrected chi connectivity index (χ0v) is 20.0. The molecule has 0 aliphatic carbocycles. The van der Waals surface area contributed by atoms with Gasteiger partial charge in [0.05, 0.1) is 11.9 Å². The Morgan fingerprint density at radius 2 is 1.81 bits per heavy atom. The topological polar surface area (TPSA) is 79.4 Å². The third-order valence-electron chi connectivity index (χ3n) is 5.57. The third kappa shape index (κ3) is 4.81. The molecule has 7 nitrogen and oxygen atoms in total. The van der Waals surface area contributed by atoms with E-state index in [9.17, 15) is 4.79 Å². The molecular formula is C28H20ClN3O4. The van der Waals surface area contributed by atoms with Gasteiger partial charge in [0.15, 0.2) is 5.76 Å². The summed E-state index contributed by atoms with van der Waals surface area (Å²) in [5.41, 5.74) is 3.33. The predicted molar refractivity (Wildman–Crippen MR) is 136 cm³/mol. The van der Waals surface area contributed by atoms with Gasteiger partial charge in [0.25, 0.3) is 0 Å². The summed E-state index contributed by atoms with van der Waals surface area (Å²) in [4.78, 5) is 12.9. The van der Waals surface area contributed by atoms with Crippen molar-refractivity contribution in [3.05, 3.63) is 101 Å². The zero-order chi connectivity index (χ0) is 25.1. The molecule has 8 heteroatoms. The number of terminal acetylenes is 1. The second-order valence-corrected chi connectivity index (χ2v) is 8.42. The van der Waals surface area contributed by atoms with E-state index in [1.54, 1.807) is 41.2 Å². The average molecular weight is 498 g/mol. The number of rotatable bonds is 8. The van der Waals surface area contributed by atoms with Gasteiger partial charge in [-0.05, 0) is 67.6 Å². The van der Waals surface area contributed by atoms with E-state index in [2.05, 4.69) is 16.2 Å². The summed E-state index contributed by atoms with van der Waals surface area (Å²) in [6, 6.07) is 19.6. The summed E-state index contributed by atoms with van der Waals surface area (Å²) in [6.45, 7) is 2.29. The number of carbonyl (C=O) groups excluding carboxylic acids is 1. The number of halogens is 1. The Morgan fingerprint density at radius 1 is 1.06 bits per heavy atom. The molecule has 0 spiro atoms. The normalized spacial score (nSPS) is 10.8. The lowest BCUT2D eigenvalue weighted by atomic mass is 10.0. The maximum Gasteiger partial charge on any atom is 0.228 e. The number of fused-ring (bicyclic) bond motifs is 1. The highest BCUT2D eigenvalue weighted by Gasteiger charge is 2.19. The van der Waals surface area contributed by atoms with Crippen LogP contribution in [0.2, 0.25) is 5.02 Å². The summed E-state index contributed by atoms with van der Waals surface area (Å²) >= 11 is 5.93. The fraction of sp³-hybridized carbons (Fsp3) is 0.107. The second kappa shape index (κ2) is 9.98. The van der Waals surface area contributed by atoms with Crippen LogP contribution < -0.4 is 9.47 Å². The molecule has 0 atom stereocenters. The van der Waals surface area contributed by atoms with Crippen molar-refractivity contribution in [2.45, 2.75) is 13.5 Å². The minimum absolute atomic E-state index is 0.199. The molecule has 5 rings (SSSR count). The lowest BCUT2D eigenvalue weighted by Gasteiger charge is -2.04. The van der Waals surface area contributed by atoms with Crippen LogP contribution in [0.5, 0.6) is 11.5 Å². The van der Waals surface area contributed by atoms with Crippen molar-refractivity contribution < 1.29 is 18.7 Å². The first-order chi connectivity index (χ1) is 17.5. The quantitative estimate of drug-likeness (QED) is 0.199. The number of nitrogens with zero attached hydrogens (tertiary/aromatic N) is 3. The Bertz CT molecular complexity index is 1580. The SMILES string of the molecule is C#CCOc1ccc(-n2cc(COc3ccc4c(C)c(C(=O)c5ccc(Cl)cc5)oc4c3)nn2)cc1. The van der Waals surface area contributed by atoms with Gasteiger partial charge in [-0.3, -0.25) is 4.79 Å². The number of hydrogen-bond donors (Lipinski definition) is 0. The second-order valence-electron chi connectivity index (χ2n) is 7.98. The van der Waals surface area contributed by atoms with Crippen LogP contribution in [0, 0.1) is 19.3 Å². The Morgan fingerprint density at radius 3 is 2.56 bits per heavy atom.